The molecule has 2 atom stereocenters. The molecule has 2 aromatic carbocycles. The molecular formula is C26H24ClN3O5. The van der Waals surface area contributed by atoms with Crippen molar-refractivity contribution in [3.63, 3.8) is 0 Å². The third-order valence-electron chi connectivity index (χ3n) is 5.41. The van der Waals surface area contributed by atoms with Crippen molar-refractivity contribution < 1.29 is 23.9 Å². The molecule has 1 heterocycles. The number of carbonyl (C=O) groups is 3. The van der Waals surface area contributed by atoms with Crippen molar-refractivity contribution in [2.45, 2.75) is 32.3 Å². The molecule has 0 spiro atoms. The number of allylic oxidation sites excluding steroid dienone is 2. The lowest BCUT2D eigenvalue weighted by Crippen LogP contribution is -2.34. The van der Waals surface area contributed by atoms with E-state index in [9.17, 15) is 14.4 Å². The number of halogens is 1. The molecule has 0 aliphatic carbocycles. The van der Waals surface area contributed by atoms with Gasteiger partial charge in [0.1, 0.15) is 6.61 Å². The SMILES string of the molecule is CC1=C(C(=O)OCCC#N)C(c2cccc(Cl)c2)C(C(=O)OC(C(N)=O)c2ccccc2)=C(C)N1. The summed E-state index contributed by atoms with van der Waals surface area (Å²) in [5, 5.41) is 12.2. The molecule has 0 radical (unpaired) electrons. The van der Waals surface area contributed by atoms with Crippen molar-refractivity contribution in [2.24, 2.45) is 5.73 Å². The molecule has 0 fully saturated rings. The van der Waals surface area contributed by atoms with Crippen molar-refractivity contribution in [1.29, 1.82) is 5.26 Å². The van der Waals surface area contributed by atoms with Gasteiger partial charge in [0.25, 0.3) is 5.91 Å². The second kappa shape index (κ2) is 11.4. The lowest BCUT2D eigenvalue weighted by atomic mass is 9.80. The van der Waals surface area contributed by atoms with E-state index in [1.54, 1.807) is 68.4 Å². The zero-order valence-corrected chi connectivity index (χ0v) is 20.0. The number of ether oxygens (including phenoxy) is 2. The van der Waals surface area contributed by atoms with Crippen LogP contribution >= 0.6 is 11.6 Å². The highest BCUT2D eigenvalue weighted by Crippen LogP contribution is 2.40. The van der Waals surface area contributed by atoms with Gasteiger partial charge in [0.2, 0.25) is 6.10 Å². The fraction of sp³-hybridized carbons (Fsp3) is 0.231. The van der Waals surface area contributed by atoms with E-state index in [-0.39, 0.29) is 24.2 Å². The maximum Gasteiger partial charge on any atom is 0.337 e. The Morgan fingerprint density at radius 2 is 1.71 bits per heavy atom. The Bertz CT molecular complexity index is 1250. The van der Waals surface area contributed by atoms with Crippen LogP contribution in [0.5, 0.6) is 0 Å². The third kappa shape index (κ3) is 5.89. The number of dihydropyridines is 1. The van der Waals surface area contributed by atoms with Gasteiger partial charge in [-0.3, -0.25) is 4.79 Å². The molecule has 0 saturated carbocycles. The van der Waals surface area contributed by atoms with Crippen LogP contribution in [0.2, 0.25) is 5.02 Å². The number of primary amides is 1. The van der Waals surface area contributed by atoms with Gasteiger partial charge in [-0.2, -0.15) is 5.26 Å². The minimum absolute atomic E-state index is 0.0223. The molecule has 0 bridgehead atoms. The number of hydrogen-bond acceptors (Lipinski definition) is 7. The molecule has 3 rings (SSSR count). The largest absolute Gasteiger partial charge is 0.461 e. The summed E-state index contributed by atoms with van der Waals surface area (Å²) in [4.78, 5) is 38.7. The molecule has 1 amide bonds. The second-order valence-corrected chi connectivity index (χ2v) is 8.27. The monoisotopic (exact) mass is 493 g/mol. The molecule has 1 aliphatic heterocycles. The summed E-state index contributed by atoms with van der Waals surface area (Å²) in [7, 11) is 0. The Morgan fingerprint density at radius 3 is 2.31 bits per heavy atom. The number of hydrogen-bond donors (Lipinski definition) is 2. The van der Waals surface area contributed by atoms with Crippen molar-refractivity contribution in [3.8, 4) is 6.07 Å². The predicted octanol–water partition coefficient (Wildman–Crippen LogP) is 3.80. The van der Waals surface area contributed by atoms with Crippen LogP contribution in [0.4, 0.5) is 0 Å². The van der Waals surface area contributed by atoms with Gasteiger partial charge in [-0.05, 0) is 31.5 Å². The molecule has 1 aliphatic rings. The smallest absolute Gasteiger partial charge is 0.337 e. The van der Waals surface area contributed by atoms with Crippen LogP contribution < -0.4 is 11.1 Å². The summed E-state index contributed by atoms with van der Waals surface area (Å²) >= 11 is 6.22. The fourth-order valence-electron chi connectivity index (χ4n) is 3.91. The number of carbonyl (C=O) groups excluding carboxylic acids is 3. The van der Waals surface area contributed by atoms with Crippen molar-refractivity contribution >= 4 is 29.4 Å². The maximum atomic E-state index is 13.5. The molecule has 0 aromatic heterocycles. The van der Waals surface area contributed by atoms with E-state index in [4.69, 9.17) is 32.1 Å². The summed E-state index contributed by atoms with van der Waals surface area (Å²) in [5.74, 6) is -3.26. The lowest BCUT2D eigenvalue weighted by Gasteiger charge is -2.31. The lowest BCUT2D eigenvalue weighted by molar-refractivity contribution is -0.152. The van der Waals surface area contributed by atoms with Gasteiger partial charge in [0.15, 0.2) is 0 Å². The molecule has 0 saturated heterocycles. The molecule has 35 heavy (non-hydrogen) atoms. The zero-order chi connectivity index (χ0) is 25.5. The van der Waals surface area contributed by atoms with Crippen LogP contribution in [0.3, 0.4) is 0 Å². The van der Waals surface area contributed by atoms with Crippen LogP contribution in [0.15, 0.2) is 77.1 Å². The van der Waals surface area contributed by atoms with Gasteiger partial charge < -0.3 is 20.5 Å². The zero-order valence-electron chi connectivity index (χ0n) is 19.2. The highest BCUT2D eigenvalue weighted by molar-refractivity contribution is 6.30. The topological polar surface area (TPSA) is 132 Å². The van der Waals surface area contributed by atoms with Crippen molar-refractivity contribution in [1.82, 2.24) is 5.32 Å². The molecule has 2 aromatic rings. The quantitative estimate of drug-likeness (QED) is 0.422. The fourth-order valence-corrected chi connectivity index (χ4v) is 4.11. The predicted molar refractivity (Wildman–Crippen MR) is 128 cm³/mol. The average Bonchev–Trinajstić information content (AvgIpc) is 2.82. The van der Waals surface area contributed by atoms with E-state index < -0.39 is 29.9 Å². The molecule has 8 nitrogen and oxygen atoms in total. The first-order valence-corrected chi connectivity index (χ1v) is 11.2. The standard InChI is InChI=1S/C26H24ClN3O5/c1-15-20(25(32)34-13-7-12-28)22(18-10-6-11-19(27)14-18)21(16(2)30-15)26(33)35-23(24(29)31)17-8-4-3-5-9-17/h3-6,8-11,14,22-23,30H,7,13H2,1-2H3,(H2,29,31). The summed E-state index contributed by atoms with van der Waals surface area (Å²) in [5.41, 5.74) is 7.67. The number of benzene rings is 2. The number of amides is 1. The molecule has 180 valence electrons. The van der Waals surface area contributed by atoms with Crippen LogP contribution in [-0.2, 0) is 23.9 Å². The van der Waals surface area contributed by atoms with Crippen molar-refractivity contribution in [3.05, 3.63) is 93.3 Å². The number of nitrogens with two attached hydrogens (primary N) is 1. The Balaban J connectivity index is 2.06. The molecule has 9 heteroatoms. The van der Waals surface area contributed by atoms with E-state index >= 15 is 0 Å². The first kappa shape index (κ1) is 25.5. The highest BCUT2D eigenvalue weighted by Gasteiger charge is 2.39. The van der Waals surface area contributed by atoms with Gasteiger partial charge >= 0.3 is 11.9 Å². The van der Waals surface area contributed by atoms with Crippen LogP contribution in [0.25, 0.3) is 0 Å². The average molecular weight is 494 g/mol. The number of rotatable bonds is 8. The number of nitriles is 1. The Labute approximate surface area is 208 Å². The maximum absolute atomic E-state index is 13.5. The molecular weight excluding hydrogens is 470 g/mol. The van der Waals surface area contributed by atoms with E-state index in [1.807, 2.05) is 6.07 Å². The van der Waals surface area contributed by atoms with Crippen molar-refractivity contribution in [2.75, 3.05) is 6.61 Å². The van der Waals surface area contributed by atoms with Crippen LogP contribution in [0.1, 0.15) is 43.4 Å². The van der Waals surface area contributed by atoms with Gasteiger partial charge in [-0.15, -0.1) is 0 Å². The summed E-state index contributed by atoms with van der Waals surface area (Å²) in [6, 6.07) is 17.0. The van der Waals surface area contributed by atoms with Gasteiger partial charge in [-0.25, -0.2) is 9.59 Å². The van der Waals surface area contributed by atoms with Crippen LogP contribution in [0, 0.1) is 11.3 Å². The number of nitrogens with one attached hydrogen (secondary N) is 1. The van der Waals surface area contributed by atoms with Gasteiger partial charge in [0, 0.05) is 22.0 Å². The van der Waals surface area contributed by atoms with Gasteiger partial charge in [0.05, 0.1) is 29.6 Å². The minimum Gasteiger partial charge on any atom is -0.461 e. The Hall–Kier alpha value is -4.09. The van der Waals surface area contributed by atoms with Crippen LogP contribution in [-0.4, -0.2) is 24.5 Å². The Morgan fingerprint density at radius 1 is 1.06 bits per heavy atom. The second-order valence-electron chi connectivity index (χ2n) is 7.83. The van der Waals surface area contributed by atoms with Gasteiger partial charge in [-0.1, -0.05) is 54.1 Å². The number of esters is 2. The molecule has 3 N–H and O–H groups in total. The minimum atomic E-state index is -1.33. The van der Waals surface area contributed by atoms with E-state index in [1.165, 1.54) is 0 Å². The highest BCUT2D eigenvalue weighted by atomic mass is 35.5. The Kier molecular flexibility index (Phi) is 8.29. The summed E-state index contributed by atoms with van der Waals surface area (Å²) in [6.07, 6.45) is -1.31. The first-order chi connectivity index (χ1) is 16.7. The third-order valence-corrected chi connectivity index (χ3v) is 5.65. The number of nitrogens with zero attached hydrogens (tertiary/aromatic N) is 1. The normalized spacial score (nSPS) is 16.1. The molecule has 2 unspecified atom stereocenters. The van der Waals surface area contributed by atoms with E-state index in [0.717, 1.165) is 0 Å². The first-order valence-electron chi connectivity index (χ1n) is 10.8. The summed E-state index contributed by atoms with van der Waals surface area (Å²) < 4.78 is 10.9. The summed E-state index contributed by atoms with van der Waals surface area (Å²) in [6.45, 7) is 3.24. The van der Waals surface area contributed by atoms with E-state index in [2.05, 4.69) is 5.32 Å². The van der Waals surface area contributed by atoms with E-state index in [0.29, 0.717) is 27.5 Å².